The number of benzene rings is 1. The summed E-state index contributed by atoms with van der Waals surface area (Å²) in [7, 11) is 0. The van der Waals surface area contributed by atoms with E-state index in [1.807, 2.05) is 43.0 Å². The summed E-state index contributed by atoms with van der Waals surface area (Å²) in [4.78, 5) is 17.9. The lowest BCUT2D eigenvalue weighted by Crippen LogP contribution is -2.44. The van der Waals surface area contributed by atoms with Crippen LogP contribution in [0.3, 0.4) is 0 Å². The number of aryl methyl sites for hydroxylation is 1. The number of nitrogens with one attached hydrogen (secondary N) is 1. The predicted molar refractivity (Wildman–Crippen MR) is 74.4 cm³/mol. The number of amides is 1. The van der Waals surface area contributed by atoms with Crippen molar-refractivity contribution in [2.45, 2.75) is 20.0 Å². The van der Waals surface area contributed by atoms with Crippen LogP contribution in [0.4, 0.5) is 0 Å². The molecule has 1 fully saturated rings. The Hall–Kier alpha value is -1.81. The number of aromatic nitrogens is 1. The summed E-state index contributed by atoms with van der Waals surface area (Å²) in [6, 6.07) is 7.94. The molecule has 2 heterocycles. The Labute approximate surface area is 112 Å². The van der Waals surface area contributed by atoms with Gasteiger partial charge in [0.1, 0.15) is 0 Å². The second-order valence-corrected chi connectivity index (χ2v) is 5.10. The quantitative estimate of drug-likeness (QED) is 0.853. The molecule has 1 atom stereocenters. The van der Waals surface area contributed by atoms with E-state index < -0.39 is 0 Å². The minimum atomic E-state index is 0.102. The van der Waals surface area contributed by atoms with Crippen molar-refractivity contribution >= 4 is 16.8 Å². The van der Waals surface area contributed by atoms with Crippen LogP contribution in [-0.2, 0) is 4.74 Å². The lowest BCUT2D eigenvalue weighted by Gasteiger charge is -2.31. The molecular formula is C15H18N2O2. The molecule has 4 heteroatoms. The lowest BCUT2D eigenvalue weighted by atomic mass is 10.1. The van der Waals surface area contributed by atoms with Crippen LogP contribution in [0.25, 0.3) is 10.9 Å². The van der Waals surface area contributed by atoms with Crippen LogP contribution in [0.1, 0.15) is 23.0 Å². The zero-order valence-electron chi connectivity index (χ0n) is 11.3. The molecule has 4 nitrogen and oxygen atoms in total. The van der Waals surface area contributed by atoms with Crippen molar-refractivity contribution in [3.8, 4) is 0 Å². The van der Waals surface area contributed by atoms with Gasteiger partial charge in [-0.05, 0) is 19.9 Å². The van der Waals surface area contributed by atoms with Crippen LogP contribution in [0.2, 0.25) is 0 Å². The highest BCUT2D eigenvalue weighted by atomic mass is 16.5. The molecule has 19 heavy (non-hydrogen) atoms. The van der Waals surface area contributed by atoms with E-state index in [-0.39, 0.29) is 12.0 Å². The van der Waals surface area contributed by atoms with Crippen molar-refractivity contribution in [3.05, 3.63) is 35.5 Å². The molecule has 2 aromatic rings. The van der Waals surface area contributed by atoms with Gasteiger partial charge in [-0.2, -0.15) is 0 Å². The molecule has 0 spiro atoms. The SMILES string of the molecule is Cc1[nH]c2ccccc2c1C(=O)N1CCOC(C)C1. The maximum Gasteiger partial charge on any atom is 0.256 e. The number of nitrogens with zero attached hydrogens (tertiary/aromatic N) is 1. The van der Waals surface area contributed by atoms with E-state index in [1.165, 1.54) is 0 Å². The molecule has 0 radical (unpaired) electrons. The molecule has 1 amide bonds. The van der Waals surface area contributed by atoms with Gasteiger partial charge in [-0.1, -0.05) is 18.2 Å². The molecule has 0 bridgehead atoms. The summed E-state index contributed by atoms with van der Waals surface area (Å²) < 4.78 is 5.49. The molecule has 1 unspecified atom stereocenters. The summed E-state index contributed by atoms with van der Waals surface area (Å²) in [5, 5.41) is 1.00. The van der Waals surface area contributed by atoms with E-state index in [0.717, 1.165) is 22.2 Å². The van der Waals surface area contributed by atoms with Crippen molar-refractivity contribution in [1.82, 2.24) is 9.88 Å². The minimum Gasteiger partial charge on any atom is -0.375 e. The van der Waals surface area contributed by atoms with E-state index in [0.29, 0.717) is 19.7 Å². The zero-order valence-corrected chi connectivity index (χ0v) is 11.3. The third kappa shape index (κ3) is 2.12. The number of ether oxygens (including phenoxy) is 1. The van der Waals surface area contributed by atoms with Crippen LogP contribution in [0.15, 0.2) is 24.3 Å². The number of carbonyl (C=O) groups excluding carboxylic acids is 1. The molecule has 100 valence electrons. The van der Waals surface area contributed by atoms with Gasteiger partial charge in [0.2, 0.25) is 0 Å². The smallest absolute Gasteiger partial charge is 0.256 e. The fraction of sp³-hybridized carbons (Fsp3) is 0.400. The van der Waals surface area contributed by atoms with Gasteiger partial charge in [-0.15, -0.1) is 0 Å². The second-order valence-electron chi connectivity index (χ2n) is 5.10. The fourth-order valence-corrected chi connectivity index (χ4v) is 2.71. The molecule has 1 aromatic carbocycles. The van der Waals surface area contributed by atoms with Crippen molar-refractivity contribution in [2.75, 3.05) is 19.7 Å². The molecular weight excluding hydrogens is 240 g/mol. The van der Waals surface area contributed by atoms with Crippen molar-refractivity contribution in [3.63, 3.8) is 0 Å². The molecule has 0 aliphatic carbocycles. The fourth-order valence-electron chi connectivity index (χ4n) is 2.71. The van der Waals surface area contributed by atoms with Crippen molar-refractivity contribution in [1.29, 1.82) is 0 Å². The standard InChI is InChI=1S/C15H18N2O2/c1-10-9-17(7-8-19-10)15(18)14-11(2)16-13-6-4-3-5-12(13)14/h3-6,10,16H,7-9H2,1-2H3. The van der Waals surface area contributed by atoms with Gasteiger partial charge in [0.05, 0.1) is 18.3 Å². The number of rotatable bonds is 1. The van der Waals surface area contributed by atoms with E-state index in [9.17, 15) is 4.79 Å². The predicted octanol–water partition coefficient (Wildman–Crippen LogP) is 2.34. The maximum absolute atomic E-state index is 12.7. The Morgan fingerprint density at radius 3 is 3.00 bits per heavy atom. The first-order valence-corrected chi connectivity index (χ1v) is 6.65. The minimum absolute atomic E-state index is 0.102. The van der Waals surface area contributed by atoms with E-state index >= 15 is 0 Å². The number of hydrogen-bond donors (Lipinski definition) is 1. The summed E-state index contributed by atoms with van der Waals surface area (Å²) in [5.74, 6) is 0.102. The van der Waals surface area contributed by atoms with Crippen LogP contribution >= 0.6 is 0 Å². The molecule has 1 aliphatic rings. The maximum atomic E-state index is 12.7. The van der Waals surface area contributed by atoms with Gasteiger partial charge in [0.15, 0.2) is 0 Å². The molecule has 0 saturated carbocycles. The van der Waals surface area contributed by atoms with Crippen LogP contribution in [-0.4, -0.2) is 41.6 Å². The number of morpholine rings is 1. The first-order valence-electron chi connectivity index (χ1n) is 6.65. The van der Waals surface area contributed by atoms with Crippen LogP contribution < -0.4 is 0 Å². The monoisotopic (exact) mass is 258 g/mol. The molecule has 1 saturated heterocycles. The molecule has 3 rings (SSSR count). The highest BCUT2D eigenvalue weighted by molar-refractivity contribution is 6.08. The van der Waals surface area contributed by atoms with Gasteiger partial charge in [0, 0.05) is 29.7 Å². The number of H-pyrrole nitrogens is 1. The van der Waals surface area contributed by atoms with E-state index in [1.54, 1.807) is 0 Å². The Morgan fingerprint density at radius 2 is 2.21 bits per heavy atom. The number of carbonyl (C=O) groups is 1. The van der Waals surface area contributed by atoms with Gasteiger partial charge < -0.3 is 14.6 Å². The highest BCUT2D eigenvalue weighted by Gasteiger charge is 2.25. The largest absolute Gasteiger partial charge is 0.375 e. The third-order valence-electron chi connectivity index (χ3n) is 3.64. The Bertz CT molecular complexity index is 618. The van der Waals surface area contributed by atoms with Gasteiger partial charge >= 0.3 is 0 Å². The Kier molecular flexibility index (Phi) is 3.03. The lowest BCUT2D eigenvalue weighted by molar-refractivity contribution is -0.0123. The van der Waals surface area contributed by atoms with Gasteiger partial charge in [-0.3, -0.25) is 4.79 Å². The molecule has 1 N–H and O–H groups in total. The summed E-state index contributed by atoms with van der Waals surface area (Å²) >= 11 is 0. The van der Waals surface area contributed by atoms with Crippen LogP contribution in [0.5, 0.6) is 0 Å². The van der Waals surface area contributed by atoms with Crippen molar-refractivity contribution < 1.29 is 9.53 Å². The van der Waals surface area contributed by atoms with Crippen molar-refractivity contribution in [2.24, 2.45) is 0 Å². The Morgan fingerprint density at radius 1 is 1.42 bits per heavy atom. The second kappa shape index (κ2) is 4.70. The Balaban J connectivity index is 1.99. The average Bonchev–Trinajstić information content (AvgIpc) is 2.74. The summed E-state index contributed by atoms with van der Waals surface area (Å²) in [6.07, 6.45) is 0.114. The van der Waals surface area contributed by atoms with E-state index in [4.69, 9.17) is 4.74 Å². The van der Waals surface area contributed by atoms with Crippen LogP contribution in [0, 0.1) is 6.92 Å². The highest BCUT2D eigenvalue weighted by Crippen LogP contribution is 2.24. The topological polar surface area (TPSA) is 45.3 Å². The normalized spacial score (nSPS) is 19.9. The van der Waals surface area contributed by atoms with E-state index in [2.05, 4.69) is 4.98 Å². The first kappa shape index (κ1) is 12.2. The average molecular weight is 258 g/mol. The summed E-state index contributed by atoms with van der Waals surface area (Å²) in [5.41, 5.74) is 2.75. The van der Waals surface area contributed by atoms with Gasteiger partial charge in [0.25, 0.3) is 5.91 Å². The first-order chi connectivity index (χ1) is 9.16. The zero-order chi connectivity index (χ0) is 13.4. The number of hydrogen-bond acceptors (Lipinski definition) is 2. The summed E-state index contributed by atoms with van der Waals surface area (Å²) in [6.45, 7) is 5.91. The molecule has 1 aromatic heterocycles. The third-order valence-corrected chi connectivity index (χ3v) is 3.64. The number of aromatic amines is 1. The number of para-hydroxylation sites is 1. The number of fused-ring (bicyclic) bond motifs is 1. The molecule has 1 aliphatic heterocycles. The van der Waals surface area contributed by atoms with Gasteiger partial charge in [-0.25, -0.2) is 0 Å².